The molecule has 0 atom stereocenters. The Morgan fingerprint density at radius 3 is 2.53 bits per heavy atom. The molecule has 4 rings (SSSR count). The van der Waals surface area contributed by atoms with E-state index < -0.39 is 0 Å². The maximum Gasteiger partial charge on any atom is 0.150 e. The Hall–Kier alpha value is -2.72. The average Bonchev–Trinajstić information content (AvgIpc) is 3.31. The van der Waals surface area contributed by atoms with Crippen molar-refractivity contribution in [2.75, 3.05) is 7.05 Å². The van der Waals surface area contributed by atoms with Crippen molar-refractivity contribution in [1.82, 2.24) is 14.7 Å². The van der Waals surface area contributed by atoms with Gasteiger partial charge in [0.05, 0.1) is 5.69 Å². The van der Waals surface area contributed by atoms with Crippen LogP contribution in [0.4, 0.5) is 0 Å². The van der Waals surface area contributed by atoms with Gasteiger partial charge in [0.1, 0.15) is 6.29 Å². The van der Waals surface area contributed by atoms with Gasteiger partial charge in [-0.05, 0) is 79.8 Å². The van der Waals surface area contributed by atoms with Crippen LogP contribution in [-0.4, -0.2) is 34.1 Å². The van der Waals surface area contributed by atoms with Crippen LogP contribution in [0.25, 0.3) is 5.69 Å². The third kappa shape index (κ3) is 4.71. The van der Waals surface area contributed by atoms with Gasteiger partial charge in [0, 0.05) is 30.5 Å². The van der Waals surface area contributed by atoms with Crippen LogP contribution in [-0.2, 0) is 13.0 Å². The molecule has 156 valence electrons. The van der Waals surface area contributed by atoms with E-state index in [9.17, 15) is 4.79 Å². The smallest absolute Gasteiger partial charge is 0.150 e. The molecule has 30 heavy (non-hydrogen) atoms. The maximum absolute atomic E-state index is 11.8. The van der Waals surface area contributed by atoms with Gasteiger partial charge in [-0.15, -0.1) is 0 Å². The van der Waals surface area contributed by atoms with Crippen LogP contribution >= 0.6 is 0 Å². The summed E-state index contributed by atoms with van der Waals surface area (Å²) < 4.78 is 1.86. The standard InChI is InChI=1S/C26H31N3O/c1-20-15-23(18-28(2)25-7-4-3-5-8-25)24(19-30)17-22(20)16-21-9-11-26(12-10-21)29-14-6-13-27-29/h6,9-15,17,19,25H,3-5,7-8,16,18H2,1-2H3. The van der Waals surface area contributed by atoms with Crippen LogP contribution in [0.2, 0.25) is 0 Å². The van der Waals surface area contributed by atoms with E-state index in [0.29, 0.717) is 6.04 Å². The fourth-order valence-corrected chi connectivity index (χ4v) is 4.60. The number of hydrogen-bond donors (Lipinski definition) is 0. The second-order valence-electron chi connectivity index (χ2n) is 8.60. The lowest BCUT2D eigenvalue weighted by molar-refractivity contribution is 0.112. The average molecular weight is 402 g/mol. The molecule has 0 spiro atoms. The molecular formula is C26H31N3O. The van der Waals surface area contributed by atoms with Crippen LogP contribution in [0.1, 0.15) is 64.7 Å². The molecule has 1 aliphatic carbocycles. The van der Waals surface area contributed by atoms with Gasteiger partial charge >= 0.3 is 0 Å². The van der Waals surface area contributed by atoms with Crippen molar-refractivity contribution in [3.8, 4) is 5.69 Å². The highest BCUT2D eigenvalue weighted by molar-refractivity contribution is 5.78. The molecule has 1 heterocycles. The minimum Gasteiger partial charge on any atom is -0.299 e. The van der Waals surface area contributed by atoms with E-state index in [1.165, 1.54) is 48.8 Å². The molecule has 0 amide bonds. The van der Waals surface area contributed by atoms with Gasteiger partial charge in [0.15, 0.2) is 0 Å². The zero-order valence-corrected chi connectivity index (χ0v) is 18.1. The van der Waals surface area contributed by atoms with Crippen molar-refractivity contribution in [3.05, 3.63) is 82.7 Å². The van der Waals surface area contributed by atoms with E-state index in [2.05, 4.69) is 60.4 Å². The first-order valence-corrected chi connectivity index (χ1v) is 11.0. The minimum absolute atomic E-state index is 0.645. The third-order valence-corrected chi connectivity index (χ3v) is 6.44. The summed E-state index contributed by atoms with van der Waals surface area (Å²) in [7, 11) is 2.20. The number of carbonyl (C=O) groups excluding carboxylic acids is 1. The lowest BCUT2D eigenvalue weighted by Crippen LogP contribution is -2.33. The largest absolute Gasteiger partial charge is 0.299 e. The van der Waals surface area contributed by atoms with Crippen LogP contribution in [0, 0.1) is 6.92 Å². The molecule has 0 radical (unpaired) electrons. The van der Waals surface area contributed by atoms with Gasteiger partial charge < -0.3 is 0 Å². The molecule has 1 saturated carbocycles. The van der Waals surface area contributed by atoms with E-state index in [1.54, 1.807) is 6.20 Å². The SMILES string of the molecule is Cc1cc(CN(C)C2CCCCC2)c(C=O)cc1Cc1ccc(-n2cccn2)cc1. The number of benzene rings is 2. The second-order valence-corrected chi connectivity index (χ2v) is 8.60. The molecule has 0 bridgehead atoms. The van der Waals surface area contributed by atoms with Crippen LogP contribution in [0.15, 0.2) is 54.9 Å². The monoisotopic (exact) mass is 401 g/mol. The zero-order valence-electron chi connectivity index (χ0n) is 18.1. The molecular weight excluding hydrogens is 370 g/mol. The zero-order chi connectivity index (χ0) is 20.9. The quantitative estimate of drug-likeness (QED) is 0.501. The van der Waals surface area contributed by atoms with Gasteiger partial charge in [-0.2, -0.15) is 5.10 Å². The van der Waals surface area contributed by atoms with E-state index in [0.717, 1.165) is 36.1 Å². The van der Waals surface area contributed by atoms with Crippen LogP contribution in [0.5, 0.6) is 0 Å². The van der Waals surface area contributed by atoms with Gasteiger partial charge in [0.2, 0.25) is 0 Å². The van der Waals surface area contributed by atoms with Gasteiger partial charge in [0.25, 0.3) is 0 Å². The summed E-state index contributed by atoms with van der Waals surface area (Å²) in [6.07, 6.45) is 12.1. The summed E-state index contributed by atoms with van der Waals surface area (Å²) in [6.45, 7) is 3.00. The van der Waals surface area contributed by atoms with Crippen molar-refractivity contribution >= 4 is 6.29 Å². The summed E-state index contributed by atoms with van der Waals surface area (Å²) >= 11 is 0. The lowest BCUT2D eigenvalue weighted by atomic mass is 9.92. The normalized spacial score (nSPS) is 14.9. The molecule has 3 aromatic rings. The number of aromatic nitrogens is 2. The van der Waals surface area contributed by atoms with E-state index in [4.69, 9.17) is 0 Å². The molecule has 0 N–H and O–H groups in total. The Morgan fingerprint density at radius 1 is 1.10 bits per heavy atom. The molecule has 1 aliphatic rings. The Kier molecular flexibility index (Phi) is 6.44. The Labute approximate surface area is 179 Å². The highest BCUT2D eigenvalue weighted by Gasteiger charge is 2.19. The molecule has 0 saturated heterocycles. The predicted molar refractivity (Wildman–Crippen MR) is 121 cm³/mol. The number of aryl methyl sites for hydroxylation is 1. The Morgan fingerprint density at radius 2 is 1.87 bits per heavy atom. The van der Waals surface area contributed by atoms with Crippen molar-refractivity contribution in [1.29, 1.82) is 0 Å². The highest BCUT2D eigenvalue weighted by atomic mass is 16.1. The highest BCUT2D eigenvalue weighted by Crippen LogP contribution is 2.25. The first kappa shape index (κ1) is 20.5. The van der Waals surface area contributed by atoms with E-state index in [-0.39, 0.29) is 0 Å². The fraction of sp³-hybridized carbons (Fsp3) is 0.385. The molecule has 2 aromatic carbocycles. The summed E-state index contributed by atoms with van der Waals surface area (Å²) in [4.78, 5) is 14.3. The number of nitrogens with zero attached hydrogens (tertiary/aromatic N) is 3. The molecule has 0 aliphatic heterocycles. The predicted octanol–water partition coefficient (Wildman–Crippen LogP) is 5.35. The first-order valence-electron chi connectivity index (χ1n) is 11.0. The summed E-state index contributed by atoms with van der Waals surface area (Å²) in [5.74, 6) is 0. The first-order chi connectivity index (χ1) is 14.6. The number of carbonyl (C=O) groups is 1. The summed E-state index contributed by atoms with van der Waals surface area (Å²) in [5.41, 5.74) is 6.73. The third-order valence-electron chi connectivity index (χ3n) is 6.44. The lowest BCUT2D eigenvalue weighted by Gasteiger charge is -2.31. The van der Waals surface area contributed by atoms with E-state index >= 15 is 0 Å². The molecule has 1 fully saturated rings. The second kappa shape index (κ2) is 9.40. The summed E-state index contributed by atoms with van der Waals surface area (Å²) in [5, 5.41) is 4.28. The van der Waals surface area contributed by atoms with Crippen molar-refractivity contribution in [2.24, 2.45) is 0 Å². The van der Waals surface area contributed by atoms with Crippen molar-refractivity contribution in [3.63, 3.8) is 0 Å². The Balaban J connectivity index is 1.49. The van der Waals surface area contributed by atoms with Crippen LogP contribution < -0.4 is 0 Å². The minimum atomic E-state index is 0.645. The topological polar surface area (TPSA) is 38.1 Å². The Bertz CT molecular complexity index is 970. The van der Waals surface area contributed by atoms with Crippen molar-refractivity contribution < 1.29 is 4.79 Å². The molecule has 4 heteroatoms. The molecule has 1 aromatic heterocycles. The number of hydrogen-bond acceptors (Lipinski definition) is 3. The van der Waals surface area contributed by atoms with Gasteiger partial charge in [-0.3, -0.25) is 9.69 Å². The van der Waals surface area contributed by atoms with Gasteiger partial charge in [-0.25, -0.2) is 4.68 Å². The van der Waals surface area contributed by atoms with Crippen LogP contribution in [0.3, 0.4) is 0 Å². The molecule has 0 unspecified atom stereocenters. The van der Waals surface area contributed by atoms with E-state index in [1.807, 2.05) is 16.9 Å². The number of rotatable bonds is 7. The maximum atomic E-state index is 11.8. The van der Waals surface area contributed by atoms with Crippen molar-refractivity contribution in [2.45, 2.75) is 58.0 Å². The fourth-order valence-electron chi connectivity index (χ4n) is 4.60. The van der Waals surface area contributed by atoms with Gasteiger partial charge in [-0.1, -0.05) is 37.5 Å². The number of aldehydes is 1. The summed E-state index contributed by atoms with van der Waals surface area (Å²) in [6, 6.07) is 15.3. The molecule has 4 nitrogen and oxygen atoms in total.